The lowest BCUT2D eigenvalue weighted by atomic mass is 10.1. The molecule has 5 nitrogen and oxygen atoms in total. The fraction of sp³-hybridized carbons (Fsp3) is 0.368. The quantitative estimate of drug-likeness (QED) is 0.611. The van der Waals surface area contributed by atoms with Crippen molar-refractivity contribution in [2.24, 2.45) is 0 Å². The molecule has 0 aliphatic carbocycles. The van der Waals surface area contributed by atoms with Gasteiger partial charge in [-0.3, -0.25) is 4.79 Å². The summed E-state index contributed by atoms with van der Waals surface area (Å²) in [6.07, 6.45) is 5.07. The third-order valence-electron chi connectivity index (χ3n) is 4.30. The van der Waals surface area contributed by atoms with E-state index >= 15 is 0 Å². The molecule has 6 heteroatoms. The molecule has 0 saturated carbocycles. The molecule has 3 rings (SSSR count). The smallest absolute Gasteiger partial charge is 0.227 e. The average Bonchev–Trinajstić information content (AvgIpc) is 3.25. The molecule has 1 aromatic heterocycles. The Morgan fingerprint density at radius 3 is 2.96 bits per heavy atom. The number of aryl methyl sites for hydroxylation is 2. The van der Waals surface area contributed by atoms with Gasteiger partial charge in [0.25, 0.3) is 0 Å². The highest BCUT2D eigenvalue weighted by molar-refractivity contribution is 7.80. The molecule has 2 heterocycles. The number of thiocarbonyl (C=S) groups is 1. The van der Waals surface area contributed by atoms with Crippen LogP contribution < -0.4 is 15.5 Å². The maximum Gasteiger partial charge on any atom is 0.227 e. The van der Waals surface area contributed by atoms with Gasteiger partial charge in [-0.1, -0.05) is 6.07 Å². The molecule has 132 valence electrons. The van der Waals surface area contributed by atoms with Gasteiger partial charge in [-0.15, -0.1) is 0 Å². The highest BCUT2D eigenvalue weighted by Crippen LogP contribution is 2.28. The molecule has 2 N–H and O–H groups in total. The Hall–Kier alpha value is -2.34. The van der Waals surface area contributed by atoms with E-state index in [0.29, 0.717) is 11.5 Å². The first-order valence-corrected chi connectivity index (χ1v) is 9.02. The van der Waals surface area contributed by atoms with Crippen LogP contribution in [0.3, 0.4) is 0 Å². The summed E-state index contributed by atoms with van der Waals surface area (Å²) in [6, 6.07) is 9.87. The highest BCUT2D eigenvalue weighted by Gasteiger charge is 2.23. The van der Waals surface area contributed by atoms with Crippen LogP contribution in [0.1, 0.15) is 30.6 Å². The summed E-state index contributed by atoms with van der Waals surface area (Å²) < 4.78 is 5.31. The number of benzene rings is 1. The Morgan fingerprint density at radius 2 is 2.24 bits per heavy atom. The second-order valence-corrected chi connectivity index (χ2v) is 6.62. The number of furan rings is 1. The third kappa shape index (κ3) is 4.60. The molecule has 1 fully saturated rings. The van der Waals surface area contributed by atoms with Gasteiger partial charge < -0.3 is 20.0 Å². The zero-order valence-electron chi connectivity index (χ0n) is 14.4. The van der Waals surface area contributed by atoms with Crippen molar-refractivity contribution in [2.45, 2.75) is 32.6 Å². The summed E-state index contributed by atoms with van der Waals surface area (Å²) in [5.41, 5.74) is 2.95. The van der Waals surface area contributed by atoms with Gasteiger partial charge in [0.15, 0.2) is 5.11 Å². The van der Waals surface area contributed by atoms with Gasteiger partial charge in [0.1, 0.15) is 5.76 Å². The van der Waals surface area contributed by atoms with Gasteiger partial charge in [-0.25, -0.2) is 0 Å². The molecule has 1 amide bonds. The number of amides is 1. The fourth-order valence-electron chi connectivity index (χ4n) is 2.98. The summed E-state index contributed by atoms with van der Waals surface area (Å²) in [6.45, 7) is 3.59. The monoisotopic (exact) mass is 357 g/mol. The number of carbonyl (C=O) groups is 1. The molecular weight excluding hydrogens is 334 g/mol. The number of carbonyl (C=O) groups excluding carboxylic acids is 1. The second kappa shape index (κ2) is 8.16. The zero-order chi connectivity index (χ0) is 17.6. The molecule has 0 bridgehead atoms. The summed E-state index contributed by atoms with van der Waals surface area (Å²) in [4.78, 5) is 13.9. The number of nitrogens with zero attached hydrogens (tertiary/aromatic N) is 1. The van der Waals surface area contributed by atoms with E-state index in [9.17, 15) is 4.79 Å². The van der Waals surface area contributed by atoms with Crippen molar-refractivity contribution in [2.75, 3.05) is 23.3 Å². The van der Waals surface area contributed by atoms with Crippen molar-refractivity contribution >= 4 is 34.6 Å². The normalized spacial score (nSPS) is 14.0. The van der Waals surface area contributed by atoms with E-state index in [1.807, 2.05) is 42.2 Å². The SMILES string of the molecule is Cc1ccc(NC(=S)NCCCc2ccco2)cc1N1CCCC1=O. The predicted octanol–water partition coefficient (Wildman–Crippen LogP) is 3.63. The van der Waals surface area contributed by atoms with Crippen molar-refractivity contribution < 1.29 is 9.21 Å². The first-order valence-electron chi connectivity index (χ1n) is 8.62. The van der Waals surface area contributed by atoms with Crippen molar-refractivity contribution in [3.05, 3.63) is 47.9 Å². The van der Waals surface area contributed by atoms with E-state index in [-0.39, 0.29) is 5.91 Å². The topological polar surface area (TPSA) is 57.5 Å². The maximum atomic E-state index is 12.0. The van der Waals surface area contributed by atoms with Gasteiger partial charge in [-0.05, 0) is 61.8 Å². The zero-order valence-corrected chi connectivity index (χ0v) is 15.2. The van der Waals surface area contributed by atoms with E-state index in [2.05, 4.69) is 10.6 Å². The van der Waals surface area contributed by atoms with Crippen LogP contribution in [0.15, 0.2) is 41.0 Å². The van der Waals surface area contributed by atoms with Crippen molar-refractivity contribution in [1.29, 1.82) is 0 Å². The Balaban J connectivity index is 1.51. The first kappa shape index (κ1) is 17.5. The maximum absolute atomic E-state index is 12.0. The minimum Gasteiger partial charge on any atom is -0.469 e. The second-order valence-electron chi connectivity index (χ2n) is 6.21. The molecule has 1 aliphatic heterocycles. The fourth-order valence-corrected chi connectivity index (χ4v) is 3.20. The molecule has 25 heavy (non-hydrogen) atoms. The van der Waals surface area contributed by atoms with Crippen molar-refractivity contribution in [3.8, 4) is 0 Å². The summed E-state index contributed by atoms with van der Waals surface area (Å²) in [5.74, 6) is 1.18. The number of rotatable bonds is 6. The lowest BCUT2D eigenvalue weighted by Crippen LogP contribution is -2.30. The van der Waals surface area contributed by atoms with E-state index in [1.165, 1.54) is 0 Å². The number of hydrogen-bond acceptors (Lipinski definition) is 3. The molecule has 0 radical (unpaired) electrons. The standard InChI is InChI=1S/C19H23N3O2S/c1-14-8-9-15(13-17(14)22-11-3-7-18(22)23)21-19(25)20-10-2-5-16-6-4-12-24-16/h4,6,8-9,12-13H,2-3,5,7,10-11H2,1H3,(H2,20,21,25). The Kier molecular flexibility index (Phi) is 5.71. The molecule has 1 saturated heterocycles. The van der Waals surface area contributed by atoms with Crippen LogP contribution in [0.5, 0.6) is 0 Å². The third-order valence-corrected chi connectivity index (χ3v) is 4.54. The summed E-state index contributed by atoms with van der Waals surface area (Å²) >= 11 is 5.36. The molecule has 0 atom stereocenters. The van der Waals surface area contributed by atoms with Crippen LogP contribution in [-0.2, 0) is 11.2 Å². The number of anilines is 2. The number of nitrogens with one attached hydrogen (secondary N) is 2. The Labute approximate surface area is 153 Å². The van der Waals surface area contributed by atoms with Crippen molar-refractivity contribution in [3.63, 3.8) is 0 Å². The lowest BCUT2D eigenvalue weighted by molar-refractivity contribution is -0.117. The molecule has 1 aliphatic rings. The van der Waals surface area contributed by atoms with Crippen LogP contribution in [0.2, 0.25) is 0 Å². The number of hydrogen-bond donors (Lipinski definition) is 2. The van der Waals surface area contributed by atoms with Crippen LogP contribution in [0, 0.1) is 6.92 Å². The van der Waals surface area contributed by atoms with E-state index < -0.39 is 0 Å². The highest BCUT2D eigenvalue weighted by atomic mass is 32.1. The van der Waals surface area contributed by atoms with Crippen LogP contribution in [0.4, 0.5) is 11.4 Å². The van der Waals surface area contributed by atoms with Gasteiger partial charge >= 0.3 is 0 Å². The molecule has 2 aromatic rings. The van der Waals surface area contributed by atoms with Crippen LogP contribution in [0.25, 0.3) is 0 Å². The van der Waals surface area contributed by atoms with Gasteiger partial charge in [0, 0.05) is 37.3 Å². The lowest BCUT2D eigenvalue weighted by Gasteiger charge is -2.20. The summed E-state index contributed by atoms with van der Waals surface area (Å²) in [5, 5.41) is 6.99. The van der Waals surface area contributed by atoms with Gasteiger partial charge in [0.05, 0.1) is 6.26 Å². The Morgan fingerprint density at radius 1 is 1.36 bits per heavy atom. The summed E-state index contributed by atoms with van der Waals surface area (Å²) in [7, 11) is 0. The molecule has 0 unspecified atom stereocenters. The molecule has 1 aromatic carbocycles. The van der Waals surface area contributed by atoms with E-state index in [4.69, 9.17) is 16.6 Å². The van der Waals surface area contributed by atoms with Crippen LogP contribution >= 0.6 is 12.2 Å². The average molecular weight is 357 g/mol. The first-order chi connectivity index (χ1) is 12.1. The minimum atomic E-state index is 0.193. The van der Waals surface area contributed by atoms with Gasteiger partial charge in [0.2, 0.25) is 5.91 Å². The Bertz CT molecular complexity index is 743. The predicted molar refractivity (Wildman–Crippen MR) is 104 cm³/mol. The molecule has 0 spiro atoms. The largest absolute Gasteiger partial charge is 0.469 e. The van der Waals surface area contributed by atoms with Gasteiger partial charge in [-0.2, -0.15) is 0 Å². The van der Waals surface area contributed by atoms with Crippen molar-refractivity contribution in [1.82, 2.24) is 5.32 Å². The van der Waals surface area contributed by atoms with E-state index in [1.54, 1.807) is 6.26 Å². The van der Waals surface area contributed by atoms with Crippen LogP contribution in [-0.4, -0.2) is 24.1 Å². The minimum absolute atomic E-state index is 0.193. The molecular formula is C19H23N3O2S. The van der Waals surface area contributed by atoms with E-state index in [0.717, 1.165) is 55.1 Å².